The quantitative estimate of drug-likeness (QED) is 0.247. The summed E-state index contributed by atoms with van der Waals surface area (Å²) in [4.78, 5) is 33.0. The maximum atomic E-state index is 13.2. The molecule has 186 valence electrons. The highest BCUT2D eigenvalue weighted by Crippen LogP contribution is 2.26. The lowest BCUT2D eigenvalue weighted by Gasteiger charge is -2.19. The number of thioether (sulfide) groups is 1. The Bertz CT molecular complexity index is 1230. The number of amides is 1. The molecule has 1 aliphatic heterocycles. The van der Waals surface area contributed by atoms with Crippen LogP contribution in [-0.4, -0.2) is 47.0 Å². The van der Waals surface area contributed by atoms with Crippen molar-refractivity contribution in [2.24, 2.45) is 0 Å². The van der Waals surface area contributed by atoms with Gasteiger partial charge in [-0.25, -0.2) is 4.98 Å². The van der Waals surface area contributed by atoms with Gasteiger partial charge in [0, 0.05) is 37.6 Å². The van der Waals surface area contributed by atoms with Crippen molar-refractivity contribution in [3.63, 3.8) is 0 Å². The highest BCUT2D eigenvalue weighted by atomic mass is 32.2. The first kappa shape index (κ1) is 25.3. The van der Waals surface area contributed by atoms with E-state index in [9.17, 15) is 9.59 Å². The highest BCUT2D eigenvalue weighted by molar-refractivity contribution is 7.99. The number of aryl methyl sites for hydroxylation is 1. The third-order valence-electron chi connectivity index (χ3n) is 6.09. The highest BCUT2D eigenvalue weighted by Gasteiger charge is 2.16. The van der Waals surface area contributed by atoms with E-state index in [1.807, 2.05) is 45.0 Å². The third-order valence-corrected chi connectivity index (χ3v) is 7.07. The van der Waals surface area contributed by atoms with Crippen LogP contribution in [0.4, 0.5) is 11.4 Å². The summed E-state index contributed by atoms with van der Waals surface area (Å²) in [6.45, 7) is 9.23. The SMILES string of the molecule is Cc1cc(N2CCCC2)ccc1NC(=O)CSc1nc2ccccc2c(=O)n1CCCOC(C)C. The van der Waals surface area contributed by atoms with Crippen molar-refractivity contribution in [3.8, 4) is 0 Å². The number of para-hydroxylation sites is 1. The summed E-state index contributed by atoms with van der Waals surface area (Å²) in [6, 6.07) is 13.5. The van der Waals surface area contributed by atoms with Crippen molar-refractivity contribution >= 4 is 39.9 Å². The number of fused-ring (bicyclic) bond motifs is 1. The average Bonchev–Trinajstić information content (AvgIpc) is 3.38. The minimum Gasteiger partial charge on any atom is -0.379 e. The first-order chi connectivity index (χ1) is 16.9. The topological polar surface area (TPSA) is 76.5 Å². The van der Waals surface area contributed by atoms with Crippen LogP contribution in [0.1, 0.15) is 38.7 Å². The molecule has 7 nitrogen and oxygen atoms in total. The van der Waals surface area contributed by atoms with Gasteiger partial charge in [0.05, 0.1) is 22.8 Å². The van der Waals surface area contributed by atoms with Crippen LogP contribution in [0, 0.1) is 6.92 Å². The molecular weight excluding hydrogens is 460 g/mol. The Balaban J connectivity index is 1.45. The van der Waals surface area contributed by atoms with Gasteiger partial charge in [-0.2, -0.15) is 0 Å². The zero-order chi connectivity index (χ0) is 24.8. The monoisotopic (exact) mass is 494 g/mol. The molecule has 0 atom stereocenters. The standard InChI is InChI=1S/C27H34N4O3S/c1-19(2)34-16-8-15-31-26(33)22-9-4-5-10-24(22)29-27(31)35-18-25(32)28-23-12-11-21(17-20(23)3)30-13-6-7-14-30/h4-5,9-12,17,19H,6-8,13-16,18H2,1-3H3,(H,28,32). The molecule has 3 aromatic rings. The molecule has 0 saturated carbocycles. The fourth-order valence-corrected chi connectivity index (χ4v) is 5.10. The number of hydrogen-bond donors (Lipinski definition) is 1. The largest absolute Gasteiger partial charge is 0.379 e. The number of benzene rings is 2. The van der Waals surface area contributed by atoms with E-state index in [0.717, 1.165) is 24.3 Å². The number of nitrogens with zero attached hydrogens (tertiary/aromatic N) is 3. The number of carbonyl (C=O) groups is 1. The number of aromatic nitrogens is 2. The van der Waals surface area contributed by atoms with Gasteiger partial charge >= 0.3 is 0 Å². The zero-order valence-electron chi connectivity index (χ0n) is 20.8. The van der Waals surface area contributed by atoms with E-state index in [0.29, 0.717) is 35.6 Å². The summed E-state index contributed by atoms with van der Waals surface area (Å²) in [6.07, 6.45) is 3.30. The maximum absolute atomic E-state index is 13.2. The number of hydrogen-bond acceptors (Lipinski definition) is 6. The van der Waals surface area contributed by atoms with Crippen molar-refractivity contribution < 1.29 is 9.53 Å². The second-order valence-electron chi connectivity index (χ2n) is 9.17. The summed E-state index contributed by atoms with van der Waals surface area (Å²) in [5.41, 5.74) is 3.62. The van der Waals surface area contributed by atoms with Gasteiger partial charge in [-0.1, -0.05) is 23.9 Å². The summed E-state index contributed by atoms with van der Waals surface area (Å²) >= 11 is 1.29. The molecule has 2 heterocycles. The van der Waals surface area contributed by atoms with Gasteiger partial charge in [0.25, 0.3) is 5.56 Å². The van der Waals surface area contributed by atoms with Gasteiger partial charge < -0.3 is 15.0 Å². The van der Waals surface area contributed by atoms with Crippen LogP contribution < -0.4 is 15.8 Å². The molecule has 1 aliphatic rings. The zero-order valence-corrected chi connectivity index (χ0v) is 21.6. The smallest absolute Gasteiger partial charge is 0.262 e. The van der Waals surface area contributed by atoms with Crippen LogP contribution in [0.5, 0.6) is 0 Å². The third kappa shape index (κ3) is 6.44. The number of anilines is 2. The van der Waals surface area contributed by atoms with Crippen molar-refractivity contribution in [1.29, 1.82) is 0 Å². The molecule has 35 heavy (non-hydrogen) atoms. The van der Waals surface area contributed by atoms with Gasteiger partial charge in [-0.3, -0.25) is 14.2 Å². The molecule has 0 aliphatic carbocycles. The maximum Gasteiger partial charge on any atom is 0.262 e. The molecule has 1 fully saturated rings. The average molecular weight is 495 g/mol. The fraction of sp³-hybridized carbons (Fsp3) is 0.444. The lowest BCUT2D eigenvalue weighted by Crippen LogP contribution is -2.25. The van der Waals surface area contributed by atoms with Gasteiger partial charge in [0.1, 0.15) is 0 Å². The van der Waals surface area contributed by atoms with Crippen LogP contribution in [0.15, 0.2) is 52.4 Å². The Morgan fingerprint density at radius 1 is 1.17 bits per heavy atom. The van der Waals surface area contributed by atoms with Gasteiger partial charge in [0.15, 0.2) is 5.16 Å². The number of carbonyl (C=O) groups excluding carboxylic acids is 1. The summed E-state index contributed by atoms with van der Waals surface area (Å²) in [7, 11) is 0. The van der Waals surface area contributed by atoms with Gasteiger partial charge in [-0.15, -0.1) is 0 Å². The van der Waals surface area contributed by atoms with E-state index in [-0.39, 0.29) is 23.3 Å². The number of ether oxygens (including phenoxy) is 1. The van der Waals surface area contributed by atoms with Crippen molar-refractivity contribution in [2.45, 2.75) is 57.8 Å². The first-order valence-corrected chi connectivity index (χ1v) is 13.3. The number of nitrogens with one attached hydrogen (secondary N) is 1. The van der Waals surface area contributed by atoms with Crippen LogP contribution in [0.25, 0.3) is 10.9 Å². The Labute approximate surface area is 210 Å². The van der Waals surface area contributed by atoms with E-state index >= 15 is 0 Å². The number of rotatable bonds is 10. The Kier molecular flexibility index (Phi) is 8.46. The van der Waals surface area contributed by atoms with E-state index in [1.165, 1.54) is 30.3 Å². The van der Waals surface area contributed by atoms with Crippen LogP contribution in [0.2, 0.25) is 0 Å². The molecule has 0 radical (unpaired) electrons. The summed E-state index contributed by atoms with van der Waals surface area (Å²) < 4.78 is 7.30. The van der Waals surface area contributed by atoms with Crippen LogP contribution >= 0.6 is 11.8 Å². The van der Waals surface area contributed by atoms with Crippen LogP contribution in [0.3, 0.4) is 0 Å². The predicted molar refractivity (Wildman–Crippen MR) is 144 cm³/mol. The Morgan fingerprint density at radius 3 is 2.69 bits per heavy atom. The fourth-order valence-electron chi connectivity index (χ4n) is 4.27. The normalized spacial score (nSPS) is 13.7. The second-order valence-corrected chi connectivity index (χ2v) is 10.1. The Morgan fingerprint density at radius 2 is 1.94 bits per heavy atom. The van der Waals surface area contributed by atoms with E-state index < -0.39 is 0 Å². The van der Waals surface area contributed by atoms with Crippen molar-refractivity contribution in [3.05, 3.63) is 58.4 Å². The molecule has 1 N–H and O–H groups in total. The molecule has 0 bridgehead atoms. The Hall–Kier alpha value is -2.84. The molecule has 0 spiro atoms. The van der Waals surface area contributed by atoms with Crippen molar-refractivity contribution in [2.75, 3.05) is 35.7 Å². The summed E-state index contributed by atoms with van der Waals surface area (Å²) in [5.74, 6) is 0.0461. The molecular formula is C27H34N4O3S. The predicted octanol–water partition coefficient (Wildman–Crippen LogP) is 4.85. The van der Waals surface area contributed by atoms with E-state index in [2.05, 4.69) is 22.3 Å². The molecule has 1 saturated heterocycles. The van der Waals surface area contributed by atoms with E-state index in [4.69, 9.17) is 9.72 Å². The lowest BCUT2D eigenvalue weighted by molar-refractivity contribution is -0.113. The first-order valence-electron chi connectivity index (χ1n) is 12.3. The molecule has 1 amide bonds. The lowest BCUT2D eigenvalue weighted by atomic mass is 10.1. The molecule has 4 rings (SSSR count). The van der Waals surface area contributed by atoms with E-state index in [1.54, 1.807) is 10.6 Å². The minimum absolute atomic E-state index is 0.0867. The van der Waals surface area contributed by atoms with Crippen molar-refractivity contribution in [1.82, 2.24) is 9.55 Å². The van der Waals surface area contributed by atoms with Gasteiger partial charge in [-0.05, 0) is 75.9 Å². The molecule has 0 unspecified atom stereocenters. The van der Waals surface area contributed by atoms with Gasteiger partial charge in [0.2, 0.25) is 5.91 Å². The molecule has 8 heteroatoms. The summed E-state index contributed by atoms with van der Waals surface area (Å²) in [5, 5.41) is 4.15. The molecule has 1 aromatic heterocycles. The molecule has 2 aromatic carbocycles. The van der Waals surface area contributed by atoms with Crippen LogP contribution in [-0.2, 0) is 16.1 Å². The minimum atomic E-state index is -0.121. The second kappa shape index (κ2) is 11.7.